The summed E-state index contributed by atoms with van der Waals surface area (Å²) in [5, 5.41) is 11.1. The lowest BCUT2D eigenvalue weighted by Gasteiger charge is -2.26. The minimum absolute atomic E-state index is 0.0380. The van der Waals surface area contributed by atoms with Gasteiger partial charge in [-0.1, -0.05) is 38.1 Å². The molecule has 0 saturated heterocycles. The smallest absolute Gasteiger partial charge is 0.220 e. The van der Waals surface area contributed by atoms with Crippen LogP contribution in [0.15, 0.2) is 28.7 Å². The number of hydrogen-bond donors (Lipinski definition) is 1. The number of amides is 1. The second-order valence-electron chi connectivity index (χ2n) is 6.40. The molecule has 1 heterocycles. The summed E-state index contributed by atoms with van der Waals surface area (Å²) in [7, 11) is 0. The molecule has 0 spiro atoms. The molecule has 1 aromatic heterocycles. The molecule has 1 N–H and O–H groups in total. The van der Waals surface area contributed by atoms with Crippen molar-refractivity contribution in [2.24, 2.45) is 0 Å². The van der Waals surface area contributed by atoms with Crippen molar-refractivity contribution in [1.29, 1.82) is 0 Å². The monoisotopic (exact) mass is 313 g/mol. The molecule has 23 heavy (non-hydrogen) atoms. The molecular weight excluding hydrogens is 290 g/mol. The Morgan fingerprint density at radius 3 is 2.96 bits per heavy atom. The quantitative estimate of drug-likeness (QED) is 0.919. The van der Waals surface area contributed by atoms with E-state index in [-0.39, 0.29) is 17.9 Å². The molecule has 3 rings (SSSR count). The number of fused-ring (bicyclic) bond motifs is 1. The molecule has 5 heteroatoms. The van der Waals surface area contributed by atoms with E-state index in [1.165, 1.54) is 11.1 Å². The zero-order chi connectivity index (χ0) is 16.2. The van der Waals surface area contributed by atoms with Gasteiger partial charge in [0.1, 0.15) is 0 Å². The molecule has 0 saturated carbocycles. The molecule has 2 aromatic rings. The van der Waals surface area contributed by atoms with Gasteiger partial charge < -0.3 is 9.73 Å². The van der Waals surface area contributed by atoms with Crippen LogP contribution in [0.4, 0.5) is 0 Å². The second kappa shape index (κ2) is 6.94. The van der Waals surface area contributed by atoms with Crippen molar-refractivity contribution < 1.29 is 9.21 Å². The van der Waals surface area contributed by atoms with Gasteiger partial charge in [0.15, 0.2) is 0 Å². The predicted molar refractivity (Wildman–Crippen MR) is 87.0 cm³/mol. The number of aryl methyl sites for hydroxylation is 2. The molecule has 0 unspecified atom stereocenters. The normalized spacial score (nSPS) is 17.1. The van der Waals surface area contributed by atoms with Crippen LogP contribution in [0.25, 0.3) is 0 Å². The van der Waals surface area contributed by atoms with Gasteiger partial charge in [-0.15, -0.1) is 10.2 Å². The zero-order valence-electron chi connectivity index (χ0n) is 13.7. The maximum Gasteiger partial charge on any atom is 0.220 e. The van der Waals surface area contributed by atoms with E-state index in [1.54, 1.807) is 0 Å². The summed E-state index contributed by atoms with van der Waals surface area (Å²) in [6.07, 6.45) is 4.07. The summed E-state index contributed by atoms with van der Waals surface area (Å²) in [5.41, 5.74) is 2.61. The Kier molecular flexibility index (Phi) is 4.74. The van der Waals surface area contributed by atoms with Gasteiger partial charge in [-0.3, -0.25) is 4.79 Å². The fraction of sp³-hybridized carbons (Fsp3) is 0.500. The van der Waals surface area contributed by atoms with Crippen molar-refractivity contribution >= 4 is 5.91 Å². The van der Waals surface area contributed by atoms with Crippen LogP contribution in [0.1, 0.15) is 68.0 Å². The summed E-state index contributed by atoms with van der Waals surface area (Å²) in [4.78, 5) is 12.2. The molecule has 1 atom stereocenters. The fourth-order valence-corrected chi connectivity index (χ4v) is 2.99. The number of carbonyl (C=O) groups excluding carboxylic acids is 1. The SMILES string of the molecule is CC(C)c1nnc(CCC(=O)N[C@@H]2CCCc3ccccc32)o1. The lowest BCUT2D eigenvalue weighted by Crippen LogP contribution is -2.31. The number of aromatic nitrogens is 2. The van der Waals surface area contributed by atoms with Crippen molar-refractivity contribution in [3.05, 3.63) is 47.2 Å². The number of rotatable bonds is 5. The highest BCUT2D eigenvalue weighted by Crippen LogP contribution is 2.29. The highest BCUT2D eigenvalue weighted by atomic mass is 16.4. The molecule has 0 aliphatic heterocycles. The van der Waals surface area contributed by atoms with Gasteiger partial charge in [-0.25, -0.2) is 0 Å². The summed E-state index contributed by atoms with van der Waals surface area (Å²) in [6, 6.07) is 8.49. The molecule has 1 aliphatic carbocycles. The van der Waals surface area contributed by atoms with Crippen LogP contribution in [-0.2, 0) is 17.6 Å². The van der Waals surface area contributed by atoms with Crippen LogP contribution >= 0.6 is 0 Å². The van der Waals surface area contributed by atoms with E-state index in [0.717, 1.165) is 19.3 Å². The minimum Gasteiger partial charge on any atom is -0.425 e. The first-order chi connectivity index (χ1) is 11.1. The Morgan fingerprint density at radius 1 is 1.35 bits per heavy atom. The van der Waals surface area contributed by atoms with Crippen LogP contribution in [0, 0.1) is 0 Å². The van der Waals surface area contributed by atoms with Crippen molar-refractivity contribution in [1.82, 2.24) is 15.5 Å². The summed E-state index contributed by atoms with van der Waals surface area (Å²) < 4.78 is 5.54. The van der Waals surface area contributed by atoms with Crippen molar-refractivity contribution in [2.75, 3.05) is 0 Å². The van der Waals surface area contributed by atoms with E-state index < -0.39 is 0 Å². The van der Waals surface area contributed by atoms with Crippen molar-refractivity contribution in [3.8, 4) is 0 Å². The molecule has 1 aromatic carbocycles. The van der Waals surface area contributed by atoms with Gasteiger partial charge in [0.2, 0.25) is 17.7 Å². The first-order valence-electron chi connectivity index (χ1n) is 8.33. The Balaban J connectivity index is 1.55. The van der Waals surface area contributed by atoms with E-state index in [1.807, 2.05) is 19.9 Å². The number of nitrogens with one attached hydrogen (secondary N) is 1. The Bertz CT molecular complexity index is 678. The highest BCUT2D eigenvalue weighted by Gasteiger charge is 2.21. The number of nitrogens with zero attached hydrogens (tertiary/aromatic N) is 2. The van der Waals surface area contributed by atoms with Gasteiger partial charge in [0.25, 0.3) is 0 Å². The Labute approximate surface area is 136 Å². The zero-order valence-corrected chi connectivity index (χ0v) is 13.7. The minimum atomic E-state index is 0.0380. The summed E-state index contributed by atoms with van der Waals surface area (Å²) in [6.45, 7) is 4.01. The standard InChI is InChI=1S/C18H23N3O2/c1-12(2)18-21-20-17(23-18)11-10-16(22)19-15-9-5-7-13-6-3-4-8-14(13)15/h3-4,6,8,12,15H,5,7,9-11H2,1-2H3,(H,19,22)/t15-/m1/s1. The van der Waals surface area contributed by atoms with Crippen LogP contribution in [0.3, 0.4) is 0 Å². The van der Waals surface area contributed by atoms with E-state index in [0.29, 0.717) is 24.6 Å². The number of hydrogen-bond acceptors (Lipinski definition) is 4. The van der Waals surface area contributed by atoms with Gasteiger partial charge >= 0.3 is 0 Å². The molecule has 5 nitrogen and oxygen atoms in total. The molecular formula is C18H23N3O2. The molecule has 1 amide bonds. The lowest BCUT2D eigenvalue weighted by molar-refractivity contribution is -0.122. The fourth-order valence-electron chi connectivity index (χ4n) is 2.99. The largest absolute Gasteiger partial charge is 0.425 e. The second-order valence-corrected chi connectivity index (χ2v) is 6.40. The Hall–Kier alpha value is -2.17. The van der Waals surface area contributed by atoms with E-state index in [4.69, 9.17) is 4.42 Å². The third kappa shape index (κ3) is 3.78. The van der Waals surface area contributed by atoms with Crippen LogP contribution in [0.2, 0.25) is 0 Å². The number of carbonyl (C=O) groups is 1. The topological polar surface area (TPSA) is 68.0 Å². The van der Waals surface area contributed by atoms with Crippen molar-refractivity contribution in [2.45, 2.75) is 57.9 Å². The molecule has 1 aliphatic rings. The molecule has 122 valence electrons. The molecule has 0 fully saturated rings. The predicted octanol–water partition coefficient (Wildman–Crippen LogP) is 3.32. The van der Waals surface area contributed by atoms with E-state index >= 15 is 0 Å². The lowest BCUT2D eigenvalue weighted by atomic mass is 9.87. The van der Waals surface area contributed by atoms with Gasteiger partial charge in [0, 0.05) is 18.8 Å². The third-order valence-corrected chi connectivity index (χ3v) is 4.25. The summed E-state index contributed by atoms with van der Waals surface area (Å²) >= 11 is 0. The first kappa shape index (κ1) is 15.7. The summed E-state index contributed by atoms with van der Waals surface area (Å²) in [5.74, 6) is 1.41. The van der Waals surface area contributed by atoms with E-state index in [9.17, 15) is 4.79 Å². The average molecular weight is 313 g/mol. The molecule has 0 bridgehead atoms. The highest BCUT2D eigenvalue weighted by molar-refractivity contribution is 5.76. The van der Waals surface area contributed by atoms with Crippen LogP contribution in [0.5, 0.6) is 0 Å². The van der Waals surface area contributed by atoms with E-state index in [2.05, 4.69) is 33.7 Å². The van der Waals surface area contributed by atoms with Gasteiger partial charge in [0.05, 0.1) is 6.04 Å². The molecule has 0 radical (unpaired) electrons. The number of benzene rings is 1. The van der Waals surface area contributed by atoms with Gasteiger partial charge in [-0.05, 0) is 30.4 Å². The maximum absolute atomic E-state index is 12.2. The van der Waals surface area contributed by atoms with Crippen molar-refractivity contribution in [3.63, 3.8) is 0 Å². The average Bonchev–Trinajstić information content (AvgIpc) is 3.03. The third-order valence-electron chi connectivity index (χ3n) is 4.25. The van der Waals surface area contributed by atoms with Crippen LogP contribution < -0.4 is 5.32 Å². The maximum atomic E-state index is 12.2. The van der Waals surface area contributed by atoms with Crippen LogP contribution in [-0.4, -0.2) is 16.1 Å². The Morgan fingerprint density at radius 2 is 2.17 bits per heavy atom. The van der Waals surface area contributed by atoms with Gasteiger partial charge in [-0.2, -0.15) is 0 Å². The first-order valence-corrected chi connectivity index (χ1v) is 8.33.